The third-order valence-corrected chi connectivity index (χ3v) is 2.66. The summed E-state index contributed by atoms with van der Waals surface area (Å²) in [4.78, 5) is 10.9. The highest BCUT2D eigenvalue weighted by Gasteiger charge is 2.27. The molecule has 14 heavy (non-hydrogen) atoms. The summed E-state index contributed by atoms with van der Waals surface area (Å²) in [6, 6.07) is 0. The van der Waals surface area contributed by atoms with Gasteiger partial charge in [0.15, 0.2) is 0 Å². The molecule has 0 bridgehead atoms. The maximum Gasteiger partial charge on any atom is 0.314 e. The van der Waals surface area contributed by atoms with Gasteiger partial charge in [-0.25, -0.2) is 0 Å². The van der Waals surface area contributed by atoms with E-state index in [0.29, 0.717) is 12.2 Å². The van der Waals surface area contributed by atoms with Crippen molar-refractivity contribution in [3.05, 3.63) is 11.6 Å². The molecule has 1 aromatic rings. The van der Waals surface area contributed by atoms with Gasteiger partial charge in [-0.2, -0.15) is 0 Å². The molecule has 0 spiro atoms. The first kappa shape index (κ1) is 9.18. The van der Waals surface area contributed by atoms with Crippen LogP contribution in [0.1, 0.15) is 37.3 Å². The van der Waals surface area contributed by atoms with Crippen molar-refractivity contribution >= 4 is 5.97 Å². The third kappa shape index (κ3) is 1.29. The normalized spacial score (nSPS) is 16.6. The molecule has 76 valence electrons. The van der Waals surface area contributed by atoms with Gasteiger partial charge in [0.25, 0.3) is 0 Å². The summed E-state index contributed by atoms with van der Waals surface area (Å²) < 4.78 is 1.95. The van der Waals surface area contributed by atoms with E-state index in [1.807, 2.05) is 11.5 Å². The maximum atomic E-state index is 10.9. The molecular weight excluding hydrogens is 182 g/mol. The minimum atomic E-state index is -0.811. The van der Waals surface area contributed by atoms with E-state index in [1.165, 1.54) is 0 Å². The third-order valence-electron chi connectivity index (χ3n) is 2.66. The van der Waals surface area contributed by atoms with Crippen LogP contribution < -0.4 is 0 Å². The van der Waals surface area contributed by atoms with Crippen LogP contribution in [0.2, 0.25) is 0 Å². The van der Waals surface area contributed by atoms with Crippen molar-refractivity contribution in [1.82, 2.24) is 14.8 Å². The predicted molar refractivity (Wildman–Crippen MR) is 49.0 cm³/mol. The summed E-state index contributed by atoms with van der Waals surface area (Å²) in [5.74, 6) is 0.233. The molecule has 2 heterocycles. The Kier molecular flexibility index (Phi) is 2.23. The fraction of sp³-hybridized carbons (Fsp3) is 0.667. The van der Waals surface area contributed by atoms with Gasteiger partial charge in [0.05, 0.1) is 0 Å². The van der Waals surface area contributed by atoms with E-state index in [9.17, 15) is 4.79 Å². The Bertz CT molecular complexity index is 359. The lowest BCUT2D eigenvalue weighted by Crippen LogP contribution is -2.16. The molecule has 0 amide bonds. The standard InChI is InChI=1S/C9H13N3O2/c1-2-6(9(13)14)8-11-10-7-4-3-5-12(7)8/h6H,2-5H2,1H3,(H,13,14). The molecule has 2 rings (SSSR count). The Hall–Kier alpha value is -1.39. The Balaban J connectivity index is 2.35. The lowest BCUT2D eigenvalue weighted by atomic mass is 10.1. The molecule has 1 aromatic heterocycles. The van der Waals surface area contributed by atoms with Crippen LogP contribution >= 0.6 is 0 Å². The largest absolute Gasteiger partial charge is 0.481 e. The van der Waals surface area contributed by atoms with E-state index in [1.54, 1.807) is 0 Å². The second-order valence-electron chi connectivity index (χ2n) is 3.53. The van der Waals surface area contributed by atoms with Crippen molar-refractivity contribution in [2.45, 2.75) is 38.6 Å². The number of hydrogen-bond donors (Lipinski definition) is 1. The number of fused-ring (bicyclic) bond motifs is 1. The van der Waals surface area contributed by atoms with E-state index in [2.05, 4.69) is 10.2 Å². The molecule has 0 fully saturated rings. The van der Waals surface area contributed by atoms with Gasteiger partial charge in [-0.1, -0.05) is 6.92 Å². The highest BCUT2D eigenvalue weighted by atomic mass is 16.4. The highest BCUT2D eigenvalue weighted by molar-refractivity contribution is 5.74. The number of hydrogen-bond acceptors (Lipinski definition) is 3. The smallest absolute Gasteiger partial charge is 0.314 e. The summed E-state index contributed by atoms with van der Waals surface area (Å²) in [6.07, 6.45) is 2.53. The van der Waals surface area contributed by atoms with Crippen LogP contribution in [0.5, 0.6) is 0 Å². The molecule has 1 aliphatic rings. The topological polar surface area (TPSA) is 68.0 Å². The zero-order valence-corrected chi connectivity index (χ0v) is 8.10. The highest BCUT2D eigenvalue weighted by Crippen LogP contribution is 2.22. The quantitative estimate of drug-likeness (QED) is 0.774. The van der Waals surface area contributed by atoms with Crippen LogP contribution in [0.4, 0.5) is 0 Å². The number of carboxylic acids is 1. The van der Waals surface area contributed by atoms with Gasteiger partial charge in [0, 0.05) is 13.0 Å². The van der Waals surface area contributed by atoms with Gasteiger partial charge < -0.3 is 9.67 Å². The molecule has 1 N–H and O–H groups in total. The molecule has 5 nitrogen and oxygen atoms in total. The summed E-state index contributed by atoms with van der Waals surface area (Å²) in [6.45, 7) is 2.72. The van der Waals surface area contributed by atoms with Gasteiger partial charge in [0.1, 0.15) is 17.6 Å². The molecule has 1 atom stereocenters. The fourth-order valence-corrected chi connectivity index (χ4v) is 1.90. The first-order valence-corrected chi connectivity index (χ1v) is 4.88. The second-order valence-corrected chi connectivity index (χ2v) is 3.53. The van der Waals surface area contributed by atoms with Crippen molar-refractivity contribution in [2.75, 3.05) is 0 Å². The fourth-order valence-electron chi connectivity index (χ4n) is 1.90. The van der Waals surface area contributed by atoms with Crippen molar-refractivity contribution in [1.29, 1.82) is 0 Å². The van der Waals surface area contributed by atoms with Crippen LogP contribution in [0, 0.1) is 0 Å². The Morgan fingerprint density at radius 2 is 2.43 bits per heavy atom. The SMILES string of the molecule is CCC(C(=O)O)c1nnc2n1CCC2. The van der Waals surface area contributed by atoms with Crippen molar-refractivity contribution in [2.24, 2.45) is 0 Å². The number of carboxylic acid groups (broad SMARTS) is 1. The van der Waals surface area contributed by atoms with Crippen molar-refractivity contribution in [3.63, 3.8) is 0 Å². The Labute approximate surface area is 81.8 Å². The van der Waals surface area contributed by atoms with Crippen LogP contribution in [0.15, 0.2) is 0 Å². The van der Waals surface area contributed by atoms with Crippen LogP contribution in [-0.4, -0.2) is 25.8 Å². The Morgan fingerprint density at radius 3 is 3.07 bits per heavy atom. The number of aliphatic carboxylic acids is 1. The average molecular weight is 195 g/mol. The molecule has 0 aromatic carbocycles. The lowest BCUT2D eigenvalue weighted by Gasteiger charge is -2.09. The summed E-state index contributed by atoms with van der Waals surface area (Å²) in [5, 5.41) is 17.0. The van der Waals surface area contributed by atoms with Gasteiger partial charge in [-0.3, -0.25) is 4.79 Å². The van der Waals surface area contributed by atoms with Crippen molar-refractivity contribution in [3.8, 4) is 0 Å². The number of aromatic nitrogens is 3. The maximum absolute atomic E-state index is 10.9. The summed E-state index contributed by atoms with van der Waals surface area (Å²) in [5.41, 5.74) is 0. The molecular formula is C9H13N3O2. The molecule has 0 radical (unpaired) electrons. The van der Waals surface area contributed by atoms with E-state index in [4.69, 9.17) is 5.11 Å². The number of aryl methyl sites for hydroxylation is 1. The predicted octanol–water partition coefficient (Wildman–Crippen LogP) is 0.802. The molecule has 0 aliphatic carbocycles. The summed E-state index contributed by atoms with van der Waals surface area (Å²) >= 11 is 0. The first-order chi connectivity index (χ1) is 6.74. The van der Waals surface area contributed by atoms with Gasteiger partial charge in [0.2, 0.25) is 0 Å². The molecule has 0 saturated carbocycles. The monoisotopic (exact) mass is 195 g/mol. The van der Waals surface area contributed by atoms with E-state index in [-0.39, 0.29) is 0 Å². The van der Waals surface area contributed by atoms with E-state index in [0.717, 1.165) is 25.2 Å². The van der Waals surface area contributed by atoms with Crippen molar-refractivity contribution < 1.29 is 9.90 Å². The minimum absolute atomic E-state index is 0.505. The molecule has 1 unspecified atom stereocenters. The van der Waals surface area contributed by atoms with E-state index >= 15 is 0 Å². The second kappa shape index (κ2) is 3.40. The average Bonchev–Trinajstić information content (AvgIpc) is 2.69. The van der Waals surface area contributed by atoms with Gasteiger partial charge in [-0.15, -0.1) is 10.2 Å². The lowest BCUT2D eigenvalue weighted by molar-refractivity contribution is -0.139. The van der Waals surface area contributed by atoms with Crippen LogP contribution in [0.3, 0.4) is 0 Å². The first-order valence-electron chi connectivity index (χ1n) is 4.88. The molecule has 1 aliphatic heterocycles. The van der Waals surface area contributed by atoms with E-state index < -0.39 is 11.9 Å². The van der Waals surface area contributed by atoms with Crippen LogP contribution in [-0.2, 0) is 17.8 Å². The molecule has 5 heteroatoms. The zero-order chi connectivity index (χ0) is 10.1. The Morgan fingerprint density at radius 1 is 1.64 bits per heavy atom. The summed E-state index contributed by atoms with van der Waals surface area (Å²) in [7, 11) is 0. The number of carbonyl (C=O) groups is 1. The minimum Gasteiger partial charge on any atom is -0.481 e. The number of rotatable bonds is 3. The van der Waals surface area contributed by atoms with Crippen LogP contribution in [0.25, 0.3) is 0 Å². The molecule has 0 saturated heterocycles. The number of nitrogens with zero attached hydrogens (tertiary/aromatic N) is 3. The van der Waals surface area contributed by atoms with Gasteiger partial charge in [-0.05, 0) is 12.8 Å². The zero-order valence-electron chi connectivity index (χ0n) is 8.10. The van der Waals surface area contributed by atoms with Gasteiger partial charge >= 0.3 is 5.97 Å².